The van der Waals surface area contributed by atoms with Crippen molar-refractivity contribution in [3.8, 4) is 34.5 Å². The molecule has 0 aromatic heterocycles. The minimum absolute atomic E-state index is 0.0624. The molecule has 0 atom stereocenters. The molecule has 568 valence electrons. The van der Waals surface area contributed by atoms with Gasteiger partial charge in [0.05, 0.1) is 42.9 Å². The number of ether oxygens (including phenoxy) is 6. The van der Waals surface area contributed by atoms with Gasteiger partial charge in [0.2, 0.25) is 17.7 Å². The van der Waals surface area contributed by atoms with E-state index in [-0.39, 0.29) is 209 Å². The first-order valence-corrected chi connectivity index (χ1v) is 36.5. The highest BCUT2D eigenvalue weighted by molar-refractivity contribution is 5.99. The molecule has 1 fully saturated rings. The predicted molar refractivity (Wildman–Crippen MR) is 413 cm³/mol. The van der Waals surface area contributed by atoms with Crippen LogP contribution in [0.5, 0.6) is 34.5 Å². The standard InChI is InChI=1S/C85H94N10O14/c96-76(86-40-43-89-83(101)70-34-19-37-73(104-58-64-22-7-1-8-23-64)80(70)107-61-67-28-13-4-14-29-67)54-92-46-48-93(55-77(97)87-41-44-90-84(102)71-35-20-38-74(105-59-65-24-9-2-10-25-65)81(71)108-62-68-30-15-5-16-31-68)50-52-95(57-79(99)100)53-51-94(49-47-92)56-78(98)88-42-45-91-85(103)72-36-21-39-75(106-60-66-26-11-3-12-27-66)82(72)109-63-69-32-17-6-18-33-69/h1-39H,40-63H2,(H,86,96)(H,87,97)(H,88,98)(H,89,101)(H,90,102)(H,91,103)(H,99,100). The molecule has 6 amide bonds. The van der Waals surface area contributed by atoms with E-state index in [9.17, 15) is 38.7 Å². The van der Waals surface area contributed by atoms with Crippen molar-refractivity contribution in [2.45, 2.75) is 39.6 Å². The highest BCUT2D eigenvalue weighted by Gasteiger charge is 2.25. The SMILES string of the molecule is O=C(O)CN1CCN(CC(=O)NCCNC(=O)c2cccc(OCc3ccccc3)c2OCc2ccccc2)CCN(CC(=O)NCCNC(=O)c2cccc(OCc3ccccc3)c2OCc2ccccc2)CCN(CC(=O)NCCNC(=O)c2cccc(OCc3ccccc3)c2OCc2ccccc2)CC1. The number of carbonyl (C=O) groups excluding carboxylic acids is 6. The van der Waals surface area contributed by atoms with Gasteiger partial charge in [-0.15, -0.1) is 0 Å². The second-order valence-electron chi connectivity index (χ2n) is 25.9. The second kappa shape index (κ2) is 43.5. The monoisotopic (exact) mass is 1480 g/mol. The molecule has 24 nitrogen and oxygen atoms in total. The van der Waals surface area contributed by atoms with E-state index in [1.807, 2.05) is 197 Å². The van der Waals surface area contributed by atoms with Crippen molar-refractivity contribution in [2.24, 2.45) is 0 Å². The maximum atomic E-state index is 14.1. The molecule has 24 heteroatoms. The number of nitrogens with zero attached hydrogens (tertiary/aromatic N) is 4. The summed E-state index contributed by atoms with van der Waals surface area (Å²) >= 11 is 0. The van der Waals surface area contributed by atoms with E-state index in [0.717, 1.165) is 33.4 Å². The highest BCUT2D eigenvalue weighted by Crippen LogP contribution is 2.36. The fraction of sp³-hybridized carbons (Fsp3) is 0.282. The van der Waals surface area contributed by atoms with Crippen LogP contribution >= 0.6 is 0 Å². The number of carboxylic acids is 1. The third-order valence-electron chi connectivity index (χ3n) is 17.6. The zero-order chi connectivity index (χ0) is 76.0. The van der Waals surface area contributed by atoms with E-state index in [2.05, 4.69) is 31.9 Å². The summed E-state index contributed by atoms with van der Waals surface area (Å²) in [5.41, 5.74) is 6.24. The van der Waals surface area contributed by atoms with Crippen molar-refractivity contribution in [3.05, 3.63) is 287 Å². The van der Waals surface area contributed by atoms with Crippen molar-refractivity contribution >= 4 is 41.4 Å². The number of hydrogen-bond acceptors (Lipinski definition) is 17. The molecule has 9 aromatic carbocycles. The number of aliphatic carboxylic acids is 1. The van der Waals surface area contributed by atoms with Crippen LogP contribution in [0.3, 0.4) is 0 Å². The predicted octanol–water partition coefficient (Wildman–Crippen LogP) is 8.41. The first-order chi connectivity index (χ1) is 53.3. The molecule has 0 bridgehead atoms. The first kappa shape index (κ1) is 79.5. The van der Waals surface area contributed by atoms with Crippen molar-refractivity contribution in [3.63, 3.8) is 0 Å². The zero-order valence-corrected chi connectivity index (χ0v) is 61.0. The number of para-hydroxylation sites is 3. The molecule has 7 N–H and O–H groups in total. The number of hydrogen-bond donors (Lipinski definition) is 7. The molecule has 9 aromatic rings. The second-order valence-corrected chi connectivity index (χ2v) is 25.9. The summed E-state index contributed by atoms with van der Waals surface area (Å²) in [5, 5.41) is 27.7. The number of carboxylic acid groups (broad SMARTS) is 1. The Labute approximate surface area is 635 Å². The average molecular weight is 1480 g/mol. The topological polar surface area (TPSA) is 280 Å². The maximum absolute atomic E-state index is 14.1. The smallest absolute Gasteiger partial charge is 0.317 e. The number of benzene rings is 9. The van der Waals surface area contributed by atoms with Gasteiger partial charge >= 0.3 is 5.97 Å². The summed E-state index contributed by atoms with van der Waals surface area (Å²) in [6, 6.07) is 73.0. The van der Waals surface area contributed by atoms with Crippen LogP contribution in [0.15, 0.2) is 237 Å². The Kier molecular flexibility index (Phi) is 31.7. The minimum Gasteiger partial charge on any atom is -0.485 e. The number of amides is 6. The Morgan fingerprint density at radius 3 is 0.697 bits per heavy atom. The molecule has 1 saturated heterocycles. The van der Waals surface area contributed by atoms with Crippen LogP contribution in [-0.4, -0.2) is 184 Å². The van der Waals surface area contributed by atoms with Crippen LogP contribution in [-0.2, 0) is 58.8 Å². The maximum Gasteiger partial charge on any atom is 0.317 e. The molecule has 0 aliphatic carbocycles. The Morgan fingerprint density at radius 2 is 0.468 bits per heavy atom. The van der Waals surface area contributed by atoms with E-state index in [1.54, 1.807) is 59.5 Å². The normalized spacial score (nSPS) is 13.0. The molecule has 0 saturated carbocycles. The van der Waals surface area contributed by atoms with Gasteiger partial charge in [-0.1, -0.05) is 200 Å². The molecule has 109 heavy (non-hydrogen) atoms. The van der Waals surface area contributed by atoms with Gasteiger partial charge in [-0.05, 0) is 69.8 Å². The van der Waals surface area contributed by atoms with E-state index >= 15 is 0 Å². The highest BCUT2D eigenvalue weighted by atomic mass is 16.5. The van der Waals surface area contributed by atoms with E-state index in [0.29, 0.717) is 17.2 Å². The summed E-state index contributed by atoms with van der Waals surface area (Å²) in [4.78, 5) is 104. The number of nitrogens with one attached hydrogen (secondary N) is 6. The minimum atomic E-state index is -1.06. The van der Waals surface area contributed by atoms with Crippen molar-refractivity contribution in [2.75, 3.05) is 118 Å². The molecule has 0 spiro atoms. The van der Waals surface area contributed by atoms with Crippen LogP contribution in [0.2, 0.25) is 0 Å². The molecule has 1 aliphatic heterocycles. The Balaban J connectivity index is 0.772. The fourth-order valence-corrected chi connectivity index (χ4v) is 11.9. The Hall–Kier alpha value is -12.1. The molecule has 0 unspecified atom stereocenters. The summed E-state index contributed by atoms with van der Waals surface area (Å²) in [7, 11) is 0. The lowest BCUT2D eigenvalue weighted by atomic mass is 10.1. The van der Waals surface area contributed by atoms with E-state index in [4.69, 9.17) is 28.4 Å². The quantitative estimate of drug-likeness (QED) is 0.0179. The molecule has 10 rings (SSSR count). The van der Waals surface area contributed by atoms with Crippen molar-refractivity contribution in [1.82, 2.24) is 51.5 Å². The first-order valence-electron chi connectivity index (χ1n) is 36.5. The van der Waals surface area contributed by atoms with E-state index < -0.39 is 23.7 Å². The Morgan fingerprint density at radius 1 is 0.257 bits per heavy atom. The van der Waals surface area contributed by atoms with Crippen LogP contribution in [0, 0.1) is 0 Å². The van der Waals surface area contributed by atoms with Crippen LogP contribution in [0.1, 0.15) is 64.5 Å². The molecule has 1 heterocycles. The molecule has 0 radical (unpaired) electrons. The molecule has 1 aliphatic rings. The van der Waals surface area contributed by atoms with Crippen LogP contribution in [0.25, 0.3) is 0 Å². The van der Waals surface area contributed by atoms with E-state index in [1.165, 1.54) is 0 Å². The third-order valence-corrected chi connectivity index (χ3v) is 17.6. The van der Waals surface area contributed by atoms with Crippen LogP contribution < -0.4 is 60.3 Å². The number of carbonyl (C=O) groups is 7. The van der Waals surface area contributed by atoms with Crippen LogP contribution in [0.4, 0.5) is 0 Å². The molecular weight excluding hydrogens is 1380 g/mol. The Bertz CT molecular complexity index is 4160. The van der Waals surface area contributed by atoms with Crippen molar-refractivity contribution in [1.29, 1.82) is 0 Å². The summed E-state index contributed by atoms with van der Waals surface area (Å²) < 4.78 is 37.5. The van der Waals surface area contributed by atoms with Gasteiger partial charge in [-0.25, -0.2) is 0 Å². The van der Waals surface area contributed by atoms with Gasteiger partial charge in [-0.2, -0.15) is 0 Å². The average Bonchev–Trinajstić information content (AvgIpc) is 0.834. The van der Waals surface area contributed by atoms with Gasteiger partial charge in [0.25, 0.3) is 17.7 Å². The van der Waals surface area contributed by atoms with Gasteiger partial charge in [0.1, 0.15) is 39.6 Å². The lowest BCUT2D eigenvalue weighted by Crippen LogP contribution is -2.51. The van der Waals surface area contributed by atoms with Gasteiger partial charge < -0.3 is 65.4 Å². The van der Waals surface area contributed by atoms with Crippen molar-refractivity contribution < 1.29 is 67.1 Å². The van der Waals surface area contributed by atoms with Gasteiger partial charge in [0.15, 0.2) is 34.5 Å². The fourth-order valence-electron chi connectivity index (χ4n) is 11.9. The van der Waals surface area contributed by atoms with Gasteiger partial charge in [0, 0.05) is 91.6 Å². The zero-order valence-electron chi connectivity index (χ0n) is 61.0. The summed E-state index contributed by atoms with van der Waals surface area (Å²) in [6.07, 6.45) is 0. The van der Waals surface area contributed by atoms with Gasteiger partial charge in [-0.3, -0.25) is 53.2 Å². The lowest BCUT2D eigenvalue weighted by Gasteiger charge is -2.33. The number of rotatable bonds is 38. The summed E-state index contributed by atoms with van der Waals surface area (Å²) in [5.74, 6) is -1.44. The third kappa shape index (κ3) is 27.0. The molecular formula is C85H94N10O14. The summed E-state index contributed by atoms with van der Waals surface area (Å²) in [6.45, 7) is 3.12. The lowest BCUT2D eigenvalue weighted by molar-refractivity contribution is -0.138. The largest absolute Gasteiger partial charge is 0.485 e.